The van der Waals surface area contributed by atoms with Crippen LogP contribution in [-0.4, -0.2) is 19.3 Å². The van der Waals surface area contributed by atoms with E-state index in [9.17, 15) is 4.79 Å². The lowest BCUT2D eigenvalue weighted by molar-refractivity contribution is 0.143. The van der Waals surface area contributed by atoms with Gasteiger partial charge in [-0.25, -0.2) is 4.79 Å². The molecule has 1 amide bonds. The number of fused-ring (bicyclic) bond motifs is 1. The van der Waals surface area contributed by atoms with Gasteiger partial charge in [0.2, 0.25) is 0 Å². The third-order valence-electron chi connectivity index (χ3n) is 2.53. The highest BCUT2D eigenvalue weighted by molar-refractivity contribution is 5.68. The highest BCUT2D eigenvalue weighted by Gasteiger charge is 2.22. The van der Waals surface area contributed by atoms with Crippen molar-refractivity contribution >= 4 is 6.09 Å². The van der Waals surface area contributed by atoms with Crippen molar-refractivity contribution in [2.45, 2.75) is 19.4 Å². The van der Waals surface area contributed by atoms with E-state index in [1.54, 1.807) is 6.92 Å². The summed E-state index contributed by atoms with van der Waals surface area (Å²) in [5.41, 5.74) is 1.02. The van der Waals surface area contributed by atoms with Gasteiger partial charge in [-0.1, -0.05) is 18.2 Å². The number of hydrogen-bond acceptors (Lipinski definition) is 3. The van der Waals surface area contributed by atoms with Crippen LogP contribution in [0.4, 0.5) is 4.79 Å². The molecule has 1 aromatic rings. The third-order valence-corrected chi connectivity index (χ3v) is 2.53. The van der Waals surface area contributed by atoms with Crippen molar-refractivity contribution in [3.63, 3.8) is 0 Å². The molecule has 16 heavy (non-hydrogen) atoms. The van der Waals surface area contributed by atoms with Crippen molar-refractivity contribution in [1.29, 1.82) is 0 Å². The Kier molecular flexibility index (Phi) is 3.29. The lowest BCUT2D eigenvalue weighted by atomic mass is 10.0. The monoisotopic (exact) mass is 221 g/mol. The molecule has 0 aliphatic carbocycles. The molecular weight excluding hydrogens is 206 g/mol. The molecule has 1 unspecified atom stereocenters. The number of para-hydroxylation sites is 1. The van der Waals surface area contributed by atoms with Gasteiger partial charge in [-0.15, -0.1) is 0 Å². The minimum Gasteiger partial charge on any atom is -0.493 e. The van der Waals surface area contributed by atoms with Crippen LogP contribution in [0.5, 0.6) is 5.75 Å². The first-order valence-electron chi connectivity index (χ1n) is 5.46. The van der Waals surface area contributed by atoms with Gasteiger partial charge in [-0.2, -0.15) is 0 Å². The van der Waals surface area contributed by atoms with Gasteiger partial charge in [0.1, 0.15) is 5.75 Å². The zero-order valence-corrected chi connectivity index (χ0v) is 9.23. The maximum absolute atomic E-state index is 11.3. The number of amides is 1. The fourth-order valence-electron chi connectivity index (χ4n) is 1.81. The van der Waals surface area contributed by atoms with Crippen LogP contribution in [0, 0.1) is 0 Å². The summed E-state index contributed by atoms with van der Waals surface area (Å²) in [6.07, 6.45) is 0.403. The van der Waals surface area contributed by atoms with Crippen LogP contribution in [0.2, 0.25) is 0 Å². The van der Waals surface area contributed by atoms with E-state index in [-0.39, 0.29) is 12.1 Å². The van der Waals surface area contributed by atoms with Gasteiger partial charge in [0, 0.05) is 12.0 Å². The molecule has 0 fully saturated rings. The van der Waals surface area contributed by atoms with E-state index in [0.29, 0.717) is 13.2 Å². The summed E-state index contributed by atoms with van der Waals surface area (Å²) in [7, 11) is 0. The Labute approximate surface area is 94.6 Å². The second-order valence-corrected chi connectivity index (χ2v) is 3.59. The first kappa shape index (κ1) is 10.8. The highest BCUT2D eigenvalue weighted by atomic mass is 16.5. The van der Waals surface area contributed by atoms with E-state index in [4.69, 9.17) is 9.47 Å². The number of nitrogens with one attached hydrogen (secondary N) is 1. The third kappa shape index (κ3) is 2.27. The first-order chi connectivity index (χ1) is 7.81. The molecule has 1 aliphatic heterocycles. The summed E-state index contributed by atoms with van der Waals surface area (Å²) in [4.78, 5) is 11.3. The smallest absolute Gasteiger partial charge is 0.407 e. The Hall–Kier alpha value is -1.71. The molecular formula is C12H15NO3. The molecule has 0 bridgehead atoms. The van der Waals surface area contributed by atoms with Crippen LogP contribution >= 0.6 is 0 Å². The number of ether oxygens (including phenoxy) is 2. The van der Waals surface area contributed by atoms with E-state index in [2.05, 4.69) is 5.32 Å². The van der Waals surface area contributed by atoms with Crippen LogP contribution in [0.1, 0.15) is 24.9 Å². The second-order valence-electron chi connectivity index (χ2n) is 3.59. The normalized spacial score (nSPS) is 18.2. The molecule has 1 heterocycles. The molecule has 1 aromatic carbocycles. The summed E-state index contributed by atoms with van der Waals surface area (Å²) >= 11 is 0. The van der Waals surface area contributed by atoms with Crippen LogP contribution in [0.25, 0.3) is 0 Å². The minimum atomic E-state index is -0.371. The molecule has 0 radical (unpaired) electrons. The van der Waals surface area contributed by atoms with Crippen molar-refractivity contribution in [3.8, 4) is 5.75 Å². The number of carbonyl (C=O) groups is 1. The quantitative estimate of drug-likeness (QED) is 0.833. The average Bonchev–Trinajstić information content (AvgIpc) is 2.30. The molecule has 1 N–H and O–H groups in total. The van der Waals surface area contributed by atoms with Crippen LogP contribution < -0.4 is 10.1 Å². The summed E-state index contributed by atoms with van der Waals surface area (Å²) in [5, 5.41) is 2.83. The van der Waals surface area contributed by atoms with E-state index in [1.807, 2.05) is 24.3 Å². The van der Waals surface area contributed by atoms with E-state index in [0.717, 1.165) is 17.7 Å². The summed E-state index contributed by atoms with van der Waals surface area (Å²) < 4.78 is 10.4. The maximum atomic E-state index is 11.3. The lowest BCUT2D eigenvalue weighted by Crippen LogP contribution is -2.32. The fourth-order valence-corrected chi connectivity index (χ4v) is 1.81. The molecule has 4 nitrogen and oxygen atoms in total. The van der Waals surface area contributed by atoms with Gasteiger partial charge in [-0.05, 0) is 13.0 Å². The zero-order valence-electron chi connectivity index (χ0n) is 9.23. The molecule has 0 aromatic heterocycles. The molecule has 0 saturated heterocycles. The lowest BCUT2D eigenvalue weighted by Gasteiger charge is -2.26. The predicted octanol–water partition coefficient (Wildman–Crippen LogP) is 2.26. The van der Waals surface area contributed by atoms with Gasteiger partial charge >= 0.3 is 6.09 Å². The summed E-state index contributed by atoms with van der Waals surface area (Å²) in [6, 6.07) is 7.72. The van der Waals surface area contributed by atoms with Crippen molar-refractivity contribution in [3.05, 3.63) is 29.8 Å². The van der Waals surface area contributed by atoms with Gasteiger partial charge in [0.25, 0.3) is 0 Å². The number of hydrogen-bond donors (Lipinski definition) is 1. The maximum Gasteiger partial charge on any atom is 0.407 e. The molecule has 0 spiro atoms. The molecule has 1 atom stereocenters. The predicted molar refractivity (Wildman–Crippen MR) is 59.5 cm³/mol. The number of benzene rings is 1. The van der Waals surface area contributed by atoms with Crippen LogP contribution in [0.15, 0.2) is 24.3 Å². The molecule has 2 rings (SSSR count). The van der Waals surface area contributed by atoms with Crippen molar-refractivity contribution in [1.82, 2.24) is 5.32 Å². The molecule has 0 saturated carbocycles. The van der Waals surface area contributed by atoms with E-state index in [1.165, 1.54) is 0 Å². The number of rotatable bonds is 2. The highest BCUT2D eigenvalue weighted by Crippen LogP contribution is 2.31. The summed E-state index contributed by atoms with van der Waals surface area (Å²) in [6.45, 7) is 2.79. The average molecular weight is 221 g/mol. The standard InChI is InChI=1S/C12H15NO3/c1-2-15-12(14)13-10-7-8-16-11-6-4-3-5-9(10)11/h3-6,10H,2,7-8H2,1H3,(H,13,14). The molecule has 1 aliphatic rings. The Morgan fingerprint density at radius 1 is 1.56 bits per heavy atom. The number of alkyl carbamates (subject to hydrolysis) is 1. The van der Waals surface area contributed by atoms with Crippen molar-refractivity contribution < 1.29 is 14.3 Å². The van der Waals surface area contributed by atoms with Crippen molar-refractivity contribution in [2.24, 2.45) is 0 Å². The van der Waals surface area contributed by atoms with Crippen LogP contribution in [0.3, 0.4) is 0 Å². The van der Waals surface area contributed by atoms with Gasteiger partial charge in [0.15, 0.2) is 0 Å². The Bertz CT molecular complexity index is 378. The van der Waals surface area contributed by atoms with Gasteiger partial charge in [0.05, 0.1) is 19.3 Å². The molecule has 86 valence electrons. The number of carbonyl (C=O) groups excluding carboxylic acids is 1. The Balaban J connectivity index is 2.10. The first-order valence-corrected chi connectivity index (χ1v) is 5.46. The Morgan fingerprint density at radius 2 is 2.38 bits per heavy atom. The fraction of sp³-hybridized carbons (Fsp3) is 0.417. The SMILES string of the molecule is CCOC(=O)NC1CCOc2ccccc21. The van der Waals surface area contributed by atoms with E-state index >= 15 is 0 Å². The molecule has 4 heteroatoms. The van der Waals surface area contributed by atoms with E-state index < -0.39 is 0 Å². The van der Waals surface area contributed by atoms with Gasteiger partial charge in [-0.3, -0.25) is 0 Å². The van der Waals surface area contributed by atoms with Crippen LogP contribution in [-0.2, 0) is 4.74 Å². The summed E-state index contributed by atoms with van der Waals surface area (Å²) in [5.74, 6) is 0.843. The van der Waals surface area contributed by atoms with Crippen molar-refractivity contribution in [2.75, 3.05) is 13.2 Å². The van der Waals surface area contributed by atoms with Gasteiger partial charge < -0.3 is 14.8 Å². The second kappa shape index (κ2) is 4.88. The zero-order chi connectivity index (χ0) is 11.4. The Morgan fingerprint density at radius 3 is 3.19 bits per heavy atom. The topological polar surface area (TPSA) is 47.6 Å². The minimum absolute atomic E-state index is 0.0102. The largest absolute Gasteiger partial charge is 0.493 e.